The molecule has 18 rings (SSSR count). The number of aromatic amines is 4. The fourth-order valence-electron chi connectivity index (χ4n) is 16.9. The van der Waals surface area contributed by atoms with Crippen LogP contribution in [0.4, 0.5) is 0 Å². The number of carboxylic acid groups (broad SMARTS) is 1. The number of aryl methyl sites for hydroxylation is 4. The van der Waals surface area contributed by atoms with Crippen LogP contribution < -0.4 is 28.2 Å². The molecule has 6 N–H and O–H groups in total. The van der Waals surface area contributed by atoms with Crippen molar-refractivity contribution in [2.24, 2.45) is 11.8 Å². The summed E-state index contributed by atoms with van der Waals surface area (Å²) >= 11 is 12.9. The maximum Gasteiger partial charge on any atom is 0.438 e. The van der Waals surface area contributed by atoms with E-state index >= 15 is 4.79 Å². The van der Waals surface area contributed by atoms with Gasteiger partial charge in [0.2, 0.25) is 0 Å². The second kappa shape index (κ2) is 27.7. The highest BCUT2D eigenvalue weighted by Gasteiger charge is 2.60. The molecule has 106 heavy (non-hydrogen) atoms. The largest absolute Gasteiger partial charge is 0.477 e. The Balaban J connectivity index is 0.000000140. The Labute approximate surface area is 622 Å². The van der Waals surface area contributed by atoms with Crippen LogP contribution in [0.25, 0.3) is 44.8 Å². The van der Waals surface area contributed by atoms with Gasteiger partial charge in [-0.3, -0.25) is 32.9 Å². The molecule has 0 unspecified atom stereocenters. The molecule has 2 saturated heterocycles. The smallest absolute Gasteiger partial charge is 0.438 e. The first-order valence-corrected chi connectivity index (χ1v) is 36.5. The number of halogens is 3. The number of nitrogens with one attached hydrogen (secondary N) is 5. The van der Waals surface area contributed by atoms with E-state index in [1.54, 1.807) is 49.2 Å². The molecule has 12 heterocycles. The first-order chi connectivity index (χ1) is 50.5. The van der Waals surface area contributed by atoms with Crippen molar-refractivity contribution in [2.75, 3.05) is 39.5 Å². The van der Waals surface area contributed by atoms with Gasteiger partial charge in [0.1, 0.15) is 34.1 Å². The number of nitrogens with zero attached hydrogens (tertiary/aromatic N) is 11. The standard InChI is InChI=1S/C38H39ClN8O5.C20H21N3O5.C18H20ClN5O.ClH/c1-20-15-27(16-21(2)32(20)39)47-33(45-12-10-40-36(45)49)31-23(4)44(11-7-28(31)42-47)34(48)30-18-26-17-25(24-8-13-51-14-9-24)5-6-29(26)46(30)38(19-22(38)3)35-41-37(50)52-43-35;1-11-10-20(11,18-21-19(26)28-22-18)23-15-3-2-13(12-4-6-27-7-5-12)8-14(15)9-16(23)17(24)25;1-10-8-13(9-11(2)16(10)19)24-17(23-7-6-21-18(23)25)15-12(3)20-5-4-14(15)22-24;/h5-6,10,12,15-18,22-24H,7-9,11,13-14,19H2,1-4H3,(H,40,49)(H,41,43,50);2-3,8-9,11-12H,4-7,10H2,1H3,(H,24,25)(H,21,22,26);6-9,12,20H,4-5H2,1-3H3,(H,21,25);1H/t22-,23-,38-;11-,20-;12-;/m000./s1. The van der Waals surface area contributed by atoms with Crippen molar-refractivity contribution < 1.29 is 33.2 Å². The van der Waals surface area contributed by atoms with E-state index in [9.17, 15) is 29.1 Å². The van der Waals surface area contributed by atoms with E-state index in [1.165, 1.54) is 11.1 Å². The van der Waals surface area contributed by atoms with Crippen LogP contribution in [0.2, 0.25) is 10.0 Å². The predicted octanol–water partition coefficient (Wildman–Crippen LogP) is 11.6. The number of aromatic carboxylic acids is 1. The number of ether oxygens (including phenoxy) is 2. The highest BCUT2D eigenvalue weighted by molar-refractivity contribution is 6.32. The van der Waals surface area contributed by atoms with Crippen LogP contribution in [0.15, 0.2) is 126 Å². The third-order valence-corrected chi connectivity index (χ3v) is 23.7. The number of benzene rings is 4. The van der Waals surface area contributed by atoms with Gasteiger partial charge in [0.15, 0.2) is 11.6 Å². The van der Waals surface area contributed by atoms with Gasteiger partial charge in [-0.2, -0.15) is 10.2 Å². The summed E-state index contributed by atoms with van der Waals surface area (Å²) in [4.78, 5) is 89.2. The first kappa shape index (κ1) is 71.6. The number of amides is 1. The lowest BCUT2D eigenvalue weighted by Crippen LogP contribution is -2.41. The Morgan fingerprint density at radius 2 is 1.02 bits per heavy atom. The molecule has 2 aliphatic carbocycles. The topological polar surface area (TPSA) is 327 Å². The maximum atomic E-state index is 15.1. The van der Waals surface area contributed by atoms with Crippen molar-refractivity contribution in [3.63, 3.8) is 0 Å². The molecule has 27 nitrogen and oxygen atoms in total. The molecule has 4 aliphatic heterocycles. The SMILES string of the molecule is C[C@H]1C[C@]1(c1noc(=O)[nH]1)n1c(C(=O)O)cc2cc(C3CCOCC3)ccc21.Cc1cc(-n2nc3c(c2-n2cc[nH]c2=O)[C@H](C)N(C(=O)c2cc4cc(C5CCOCC5)ccc4n2[C@@]2(c4noc(=O)[nH]4)C[C@@H]2C)CC3)cc(C)c1Cl.Cc1cc(-n2nc3c(c2-n2cc[nH]c2=O)[C@H](C)NCC3)cc(C)c1Cl.Cl. The molecule has 4 aromatic carbocycles. The van der Waals surface area contributed by atoms with Gasteiger partial charge in [-0.05, 0) is 198 Å². The van der Waals surface area contributed by atoms with Gasteiger partial charge in [0, 0.05) is 126 Å². The molecule has 1 amide bonds. The van der Waals surface area contributed by atoms with Crippen LogP contribution in [0.1, 0.15) is 179 Å². The summed E-state index contributed by atoms with van der Waals surface area (Å²) < 4.78 is 31.5. The third-order valence-electron chi connectivity index (χ3n) is 22.5. The summed E-state index contributed by atoms with van der Waals surface area (Å²) in [5.41, 5.74) is 12.0. The summed E-state index contributed by atoms with van der Waals surface area (Å²) in [5, 5.41) is 34.5. The Kier molecular flexibility index (Phi) is 18.7. The third kappa shape index (κ3) is 12.1. The van der Waals surface area contributed by atoms with Gasteiger partial charge in [0.25, 0.3) is 5.91 Å². The van der Waals surface area contributed by atoms with Gasteiger partial charge in [-0.15, -0.1) is 12.4 Å². The van der Waals surface area contributed by atoms with Gasteiger partial charge >= 0.3 is 28.9 Å². The van der Waals surface area contributed by atoms with Crippen molar-refractivity contribution in [2.45, 2.75) is 142 Å². The molecular weight excluding hydrogens is 1420 g/mol. The van der Waals surface area contributed by atoms with Crippen LogP contribution in [-0.4, -0.2) is 129 Å². The maximum absolute atomic E-state index is 15.1. The number of carbonyl (C=O) groups excluding carboxylic acids is 1. The molecule has 2 saturated carbocycles. The quantitative estimate of drug-likeness (QED) is 0.0662. The van der Waals surface area contributed by atoms with Crippen LogP contribution in [0.3, 0.4) is 0 Å². The lowest BCUT2D eigenvalue weighted by molar-refractivity contribution is 0.0660. The van der Waals surface area contributed by atoms with E-state index in [0.29, 0.717) is 65.8 Å². The van der Waals surface area contributed by atoms with E-state index in [1.807, 2.05) is 87.5 Å². The molecule has 8 aromatic heterocycles. The number of aromatic nitrogens is 14. The zero-order valence-electron chi connectivity index (χ0n) is 59.7. The Hall–Kier alpha value is -10.0. The molecule has 0 bridgehead atoms. The van der Waals surface area contributed by atoms with Crippen LogP contribution >= 0.6 is 35.6 Å². The van der Waals surface area contributed by atoms with Gasteiger partial charge < -0.3 is 43.9 Å². The summed E-state index contributed by atoms with van der Waals surface area (Å²) in [7, 11) is 0. The number of hydrogen-bond donors (Lipinski definition) is 6. The highest BCUT2D eigenvalue weighted by Crippen LogP contribution is 2.57. The van der Waals surface area contributed by atoms with E-state index in [-0.39, 0.29) is 53.3 Å². The van der Waals surface area contributed by atoms with Crippen LogP contribution in [-0.2, 0) is 33.4 Å². The molecule has 0 spiro atoms. The fraction of sp³-hybridized carbons (Fsp3) is 0.395. The van der Waals surface area contributed by atoms with Crippen molar-refractivity contribution in [3.8, 4) is 23.0 Å². The summed E-state index contributed by atoms with van der Waals surface area (Å²) in [6.45, 7) is 20.3. The van der Waals surface area contributed by atoms with Crippen molar-refractivity contribution in [1.82, 2.24) is 78.3 Å². The van der Waals surface area contributed by atoms with E-state index in [2.05, 4.69) is 84.3 Å². The number of carbonyl (C=O) groups is 2. The van der Waals surface area contributed by atoms with E-state index < -0.39 is 34.6 Å². The van der Waals surface area contributed by atoms with Crippen LogP contribution in [0, 0.1) is 39.5 Å². The number of imidazole rings is 2. The normalized spacial score (nSPS) is 21.4. The molecule has 4 fully saturated rings. The van der Waals surface area contributed by atoms with Gasteiger partial charge in [-0.1, -0.05) is 59.5 Å². The summed E-state index contributed by atoms with van der Waals surface area (Å²) in [5.74, 6) is 0.695. The number of hydrogen-bond acceptors (Lipinski definition) is 15. The van der Waals surface area contributed by atoms with Crippen molar-refractivity contribution >= 4 is 69.3 Å². The average molecular weight is 1500 g/mol. The number of H-pyrrole nitrogens is 4. The fourth-order valence-corrected chi connectivity index (χ4v) is 17.1. The molecule has 12 aromatic rings. The Bertz CT molecular complexity index is 5640. The van der Waals surface area contributed by atoms with E-state index in [0.717, 1.165) is 154 Å². The van der Waals surface area contributed by atoms with E-state index in [4.69, 9.17) is 51.9 Å². The number of fused-ring (bicyclic) bond motifs is 4. The minimum atomic E-state index is -1.01. The lowest BCUT2D eigenvalue weighted by atomic mass is 9.91. The minimum absolute atomic E-state index is 0. The summed E-state index contributed by atoms with van der Waals surface area (Å²) in [6.07, 6.45) is 13.2. The van der Waals surface area contributed by atoms with Crippen molar-refractivity contribution in [1.29, 1.82) is 0 Å². The summed E-state index contributed by atoms with van der Waals surface area (Å²) in [6, 6.07) is 23.9. The molecule has 6 atom stereocenters. The first-order valence-electron chi connectivity index (χ1n) is 35.7. The second-order valence-electron chi connectivity index (χ2n) is 29.0. The molecule has 30 heteroatoms. The molecular formula is C76H81Cl3N16O11. The van der Waals surface area contributed by atoms with Crippen molar-refractivity contribution in [3.05, 3.63) is 229 Å². The predicted molar refractivity (Wildman–Crippen MR) is 399 cm³/mol. The number of carboxylic acids is 1. The lowest BCUT2D eigenvalue weighted by Gasteiger charge is -2.34. The van der Waals surface area contributed by atoms with Crippen LogP contribution in [0.5, 0.6) is 0 Å². The Morgan fingerprint density at radius 3 is 1.43 bits per heavy atom. The molecule has 552 valence electrons. The zero-order chi connectivity index (χ0) is 73.2. The zero-order valence-corrected chi connectivity index (χ0v) is 62.0. The highest BCUT2D eigenvalue weighted by atomic mass is 35.5. The number of rotatable bonds is 12. The minimum Gasteiger partial charge on any atom is -0.477 e. The van der Waals surface area contributed by atoms with Gasteiger partial charge in [0.05, 0.1) is 28.8 Å². The average Bonchev–Trinajstić information content (AvgIpc) is 1.54. The molecule has 6 aliphatic rings. The second-order valence-corrected chi connectivity index (χ2v) is 29.7. The van der Waals surface area contributed by atoms with Gasteiger partial charge in [-0.25, -0.2) is 33.3 Å². The monoisotopic (exact) mass is 1500 g/mol. The Morgan fingerprint density at radius 1 is 0.585 bits per heavy atom. The molecule has 0 radical (unpaired) electrons.